The number of rotatable bonds is 7. The van der Waals surface area contributed by atoms with E-state index in [1.54, 1.807) is 0 Å². The molecule has 2 N–H and O–H groups in total. The van der Waals surface area contributed by atoms with E-state index in [-0.39, 0.29) is 11.9 Å². The highest BCUT2D eigenvalue weighted by Gasteiger charge is 2.30. The summed E-state index contributed by atoms with van der Waals surface area (Å²) in [4.78, 5) is 17.5. The fourth-order valence-electron chi connectivity index (χ4n) is 3.54. The minimum atomic E-state index is 0.0914. The van der Waals surface area contributed by atoms with Crippen LogP contribution in [-0.2, 0) is 0 Å². The summed E-state index contributed by atoms with van der Waals surface area (Å²) in [5.41, 5.74) is 9.23. The molecule has 1 fully saturated rings. The zero-order valence-electron chi connectivity index (χ0n) is 15.9. The molecule has 0 bridgehead atoms. The van der Waals surface area contributed by atoms with Crippen LogP contribution in [0.1, 0.15) is 47.7 Å². The van der Waals surface area contributed by atoms with Crippen molar-refractivity contribution in [3.8, 4) is 0 Å². The maximum atomic E-state index is 13.0. The normalized spacial score (nSPS) is 19.9. The van der Waals surface area contributed by atoms with Gasteiger partial charge in [-0.15, -0.1) is 0 Å². The molecule has 2 rings (SSSR count). The van der Waals surface area contributed by atoms with Crippen LogP contribution in [0.3, 0.4) is 0 Å². The predicted octanol–water partition coefficient (Wildman–Crippen LogP) is 2.88. The van der Waals surface area contributed by atoms with Crippen LogP contribution in [-0.4, -0.2) is 59.7 Å². The Labute approximate surface area is 158 Å². The van der Waals surface area contributed by atoms with E-state index in [1.807, 2.05) is 24.0 Å². The quantitative estimate of drug-likeness (QED) is 0.733. The van der Waals surface area contributed by atoms with Crippen LogP contribution in [0.4, 0.5) is 0 Å². The number of nitrogens with two attached hydrogens (primary N) is 1. The van der Waals surface area contributed by atoms with E-state index in [9.17, 15) is 4.79 Å². The second-order valence-electron chi connectivity index (χ2n) is 7.23. The van der Waals surface area contributed by atoms with Gasteiger partial charge in [-0.2, -0.15) is 12.6 Å². The number of benzene rings is 1. The number of hydrogen-bond donors (Lipinski definition) is 2. The Balaban J connectivity index is 2.10. The van der Waals surface area contributed by atoms with Crippen molar-refractivity contribution < 1.29 is 4.79 Å². The number of carbonyl (C=O) groups is 1. The summed E-state index contributed by atoms with van der Waals surface area (Å²) in [6, 6.07) is 6.48. The zero-order valence-corrected chi connectivity index (χ0v) is 16.8. The number of hydrogen-bond acceptors (Lipinski definition) is 4. The molecule has 25 heavy (non-hydrogen) atoms. The molecule has 1 aromatic carbocycles. The first-order valence-electron chi connectivity index (χ1n) is 9.43. The SMILES string of the molecule is CCCCC1CN(C(=O)c2cccc(C)c2C)CCN1C[C@H](N)CS. The second kappa shape index (κ2) is 9.60. The lowest BCUT2D eigenvalue weighted by Gasteiger charge is -2.42. The van der Waals surface area contributed by atoms with Crippen molar-refractivity contribution in [2.75, 3.05) is 31.9 Å². The van der Waals surface area contributed by atoms with Crippen molar-refractivity contribution in [3.05, 3.63) is 34.9 Å². The van der Waals surface area contributed by atoms with Gasteiger partial charge in [0.05, 0.1) is 0 Å². The van der Waals surface area contributed by atoms with Crippen molar-refractivity contribution in [3.63, 3.8) is 0 Å². The van der Waals surface area contributed by atoms with Crippen molar-refractivity contribution in [2.24, 2.45) is 5.73 Å². The first-order valence-corrected chi connectivity index (χ1v) is 10.1. The van der Waals surface area contributed by atoms with Crippen molar-refractivity contribution in [1.82, 2.24) is 9.80 Å². The number of aryl methyl sites for hydroxylation is 1. The van der Waals surface area contributed by atoms with Gasteiger partial charge < -0.3 is 10.6 Å². The Morgan fingerprint density at radius 1 is 1.36 bits per heavy atom. The largest absolute Gasteiger partial charge is 0.336 e. The van der Waals surface area contributed by atoms with Crippen molar-refractivity contribution in [1.29, 1.82) is 0 Å². The summed E-state index contributed by atoms with van der Waals surface area (Å²) < 4.78 is 0. The summed E-state index contributed by atoms with van der Waals surface area (Å²) >= 11 is 4.32. The molecular weight excluding hydrogens is 330 g/mol. The molecule has 5 heteroatoms. The molecule has 1 unspecified atom stereocenters. The number of nitrogens with zero attached hydrogens (tertiary/aromatic N) is 2. The zero-order chi connectivity index (χ0) is 18.4. The molecule has 0 spiro atoms. The Hall–Kier alpha value is -1.04. The number of carbonyl (C=O) groups excluding carboxylic acids is 1. The van der Waals surface area contributed by atoms with Gasteiger partial charge in [0.1, 0.15) is 0 Å². The average Bonchev–Trinajstić information content (AvgIpc) is 2.62. The third-order valence-corrected chi connectivity index (χ3v) is 5.79. The highest BCUT2D eigenvalue weighted by molar-refractivity contribution is 7.80. The summed E-state index contributed by atoms with van der Waals surface area (Å²) in [6.07, 6.45) is 3.48. The Morgan fingerprint density at radius 2 is 2.12 bits per heavy atom. The number of unbranched alkanes of at least 4 members (excludes halogenated alkanes) is 1. The molecule has 1 amide bonds. The van der Waals surface area contributed by atoms with E-state index in [0.29, 0.717) is 11.8 Å². The summed E-state index contributed by atoms with van der Waals surface area (Å²) in [5, 5.41) is 0. The maximum absolute atomic E-state index is 13.0. The Bertz CT molecular complexity index is 578. The lowest BCUT2D eigenvalue weighted by molar-refractivity contribution is 0.0447. The van der Waals surface area contributed by atoms with Crippen LogP contribution in [0.25, 0.3) is 0 Å². The number of amides is 1. The van der Waals surface area contributed by atoms with Crippen LogP contribution in [0.15, 0.2) is 18.2 Å². The van der Waals surface area contributed by atoms with Crippen LogP contribution in [0.2, 0.25) is 0 Å². The van der Waals surface area contributed by atoms with Gasteiger partial charge in [-0.05, 0) is 37.5 Å². The fraction of sp³-hybridized carbons (Fsp3) is 0.650. The van der Waals surface area contributed by atoms with Gasteiger partial charge in [-0.1, -0.05) is 31.9 Å². The van der Waals surface area contributed by atoms with Gasteiger partial charge in [-0.3, -0.25) is 9.69 Å². The third-order valence-electron chi connectivity index (χ3n) is 5.32. The molecule has 140 valence electrons. The molecule has 1 aromatic rings. The van der Waals surface area contributed by atoms with Crippen LogP contribution >= 0.6 is 12.6 Å². The number of thiol groups is 1. The van der Waals surface area contributed by atoms with Gasteiger partial charge in [0.25, 0.3) is 5.91 Å². The summed E-state index contributed by atoms with van der Waals surface area (Å²) in [6.45, 7) is 9.65. The lowest BCUT2D eigenvalue weighted by atomic mass is 10.00. The molecule has 1 aliphatic rings. The van der Waals surface area contributed by atoms with Crippen LogP contribution < -0.4 is 5.73 Å². The van der Waals surface area contributed by atoms with Crippen molar-refractivity contribution in [2.45, 2.75) is 52.1 Å². The standard InChI is InChI=1S/C20H33N3OS/c1-4-5-8-18-13-23(11-10-22(18)12-17(21)14-25)20(24)19-9-6-7-15(2)16(19)3/h6-7,9,17-18,25H,4-5,8,10-14,21H2,1-3H3/t17-,18?/m0/s1. The minimum absolute atomic E-state index is 0.0914. The molecular formula is C20H33N3OS. The molecule has 1 aliphatic heterocycles. The topological polar surface area (TPSA) is 49.6 Å². The minimum Gasteiger partial charge on any atom is -0.336 e. The molecule has 0 saturated carbocycles. The van der Waals surface area contributed by atoms with Crippen molar-refractivity contribution >= 4 is 18.5 Å². The second-order valence-corrected chi connectivity index (χ2v) is 7.60. The van der Waals surface area contributed by atoms with E-state index >= 15 is 0 Å². The van der Waals surface area contributed by atoms with E-state index < -0.39 is 0 Å². The van der Waals surface area contributed by atoms with Gasteiger partial charge in [-0.25, -0.2) is 0 Å². The van der Waals surface area contributed by atoms with Crippen LogP contribution in [0.5, 0.6) is 0 Å². The molecule has 1 heterocycles. The first-order chi connectivity index (χ1) is 12.0. The van der Waals surface area contributed by atoms with Gasteiger partial charge in [0.15, 0.2) is 0 Å². The van der Waals surface area contributed by atoms with Gasteiger partial charge >= 0.3 is 0 Å². The fourth-order valence-corrected chi connectivity index (χ4v) is 3.66. The summed E-state index contributed by atoms with van der Waals surface area (Å²) in [7, 11) is 0. The van der Waals surface area contributed by atoms with Gasteiger partial charge in [0, 0.05) is 49.6 Å². The van der Waals surface area contributed by atoms with E-state index in [2.05, 4.69) is 37.4 Å². The predicted molar refractivity (Wildman–Crippen MR) is 109 cm³/mol. The monoisotopic (exact) mass is 363 g/mol. The van der Waals surface area contributed by atoms with Gasteiger partial charge in [0.2, 0.25) is 0 Å². The smallest absolute Gasteiger partial charge is 0.254 e. The highest BCUT2D eigenvalue weighted by Crippen LogP contribution is 2.20. The average molecular weight is 364 g/mol. The Morgan fingerprint density at radius 3 is 2.80 bits per heavy atom. The Kier molecular flexibility index (Phi) is 7.79. The van der Waals surface area contributed by atoms with Crippen LogP contribution in [0, 0.1) is 13.8 Å². The van der Waals surface area contributed by atoms with E-state index in [4.69, 9.17) is 5.73 Å². The molecule has 0 aromatic heterocycles. The molecule has 2 atom stereocenters. The third kappa shape index (κ3) is 5.22. The molecule has 1 saturated heterocycles. The molecule has 0 aliphatic carbocycles. The molecule has 0 radical (unpaired) electrons. The van der Waals surface area contributed by atoms with E-state index in [1.165, 1.54) is 18.4 Å². The molecule has 4 nitrogen and oxygen atoms in total. The highest BCUT2D eigenvalue weighted by atomic mass is 32.1. The lowest BCUT2D eigenvalue weighted by Crippen LogP contribution is -2.57. The maximum Gasteiger partial charge on any atom is 0.254 e. The van der Waals surface area contributed by atoms with E-state index in [0.717, 1.165) is 43.7 Å². The number of piperazine rings is 1. The first kappa shape index (κ1) is 20.3. The summed E-state index contributed by atoms with van der Waals surface area (Å²) in [5.74, 6) is 0.864.